The van der Waals surface area contributed by atoms with Crippen LogP contribution < -0.4 is 5.32 Å². The van der Waals surface area contributed by atoms with E-state index in [0.717, 1.165) is 5.56 Å². The van der Waals surface area contributed by atoms with Crippen LogP contribution in [0, 0.1) is 10.1 Å². The molecule has 0 fully saturated rings. The number of carbonyl (C=O) groups is 1. The third kappa shape index (κ3) is 5.05. The number of hydrogen-bond donors (Lipinski definition) is 1. The van der Waals surface area contributed by atoms with Crippen molar-refractivity contribution in [2.45, 2.75) is 26.3 Å². The van der Waals surface area contributed by atoms with E-state index in [1.165, 1.54) is 12.1 Å². The number of nitro benzene ring substituents is 1. The summed E-state index contributed by atoms with van der Waals surface area (Å²) in [6.07, 6.45) is 0.696. The summed E-state index contributed by atoms with van der Waals surface area (Å²) in [7, 11) is 0. The van der Waals surface area contributed by atoms with Gasteiger partial charge < -0.3 is 10.1 Å². The fourth-order valence-corrected chi connectivity index (χ4v) is 1.57. The first-order valence-corrected chi connectivity index (χ1v) is 6.18. The molecule has 6 heteroatoms. The number of rotatable bonds is 7. The molecular formula is C13H18N2O4. The summed E-state index contributed by atoms with van der Waals surface area (Å²) in [4.78, 5) is 21.4. The van der Waals surface area contributed by atoms with Crippen LogP contribution in [0.1, 0.15) is 19.4 Å². The largest absolute Gasteiger partial charge is 0.465 e. The van der Waals surface area contributed by atoms with Crippen molar-refractivity contribution in [3.05, 3.63) is 39.9 Å². The molecule has 0 saturated carbocycles. The topological polar surface area (TPSA) is 81.5 Å². The molecule has 0 aromatic heterocycles. The number of benzene rings is 1. The van der Waals surface area contributed by atoms with Crippen LogP contribution in [-0.4, -0.2) is 30.1 Å². The second kappa shape index (κ2) is 7.48. The number of nitrogens with one attached hydrogen (secondary N) is 1. The third-order valence-corrected chi connectivity index (χ3v) is 2.65. The van der Waals surface area contributed by atoms with E-state index in [1.807, 2.05) is 0 Å². The van der Waals surface area contributed by atoms with Gasteiger partial charge in [-0.3, -0.25) is 14.9 Å². The molecule has 1 unspecified atom stereocenters. The summed E-state index contributed by atoms with van der Waals surface area (Å²) in [5.41, 5.74) is 1.06. The molecule has 1 rings (SSSR count). The highest BCUT2D eigenvalue weighted by Crippen LogP contribution is 2.11. The minimum absolute atomic E-state index is 0.0802. The standard InChI is InChI=1S/C13H18N2O4/c1-3-19-13(16)10(2)14-9-8-11-4-6-12(7-5-11)15(17)18/h4-7,10,14H,3,8-9H2,1-2H3. The van der Waals surface area contributed by atoms with Crippen LogP contribution in [0.4, 0.5) is 5.69 Å². The van der Waals surface area contributed by atoms with Crippen LogP contribution in [0.15, 0.2) is 24.3 Å². The number of nitrogens with zero attached hydrogens (tertiary/aromatic N) is 1. The zero-order chi connectivity index (χ0) is 14.3. The average Bonchev–Trinajstić information content (AvgIpc) is 2.39. The minimum Gasteiger partial charge on any atom is -0.465 e. The van der Waals surface area contributed by atoms with Gasteiger partial charge in [-0.15, -0.1) is 0 Å². The molecule has 1 N–H and O–H groups in total. The van der Waals surface area contributed by atoms with Gasteiger partial charge in [-0.25, -0.2) is 0 Å². The van der Waals surface area contributed by atoms with E-state index < -0.39 is 4.92 Å². The monoisotopic (exact) mass is 266 g/mol. The van der Waals surface area contributed by atoms with Crippen molar-refractivity contribution in [1.29, 1.82) is 0 Å². The maximum atomic E-state index is 11.3. The molecule has 0 radical (unpaired) electrons. The highest BCUT2D eigenvalue weighted by molar-refractivity contribution is 5.75. The molecule has 0 amide bonds. The quantitative estimate of drug-likeness (QED) is 0.461. The smallest absolute Gasteiger partial charge is 0.322 e. The number of carbonyl (C=O) groups excluding carboxylic acids is 1. The van der Waals surface area contributed by atoms with E-state index in [9.17, 15) is 14.9 Å². The lowest BCUT2D eigenvalue weighted by atomic mass is 10.1. The summed E-state index contributed by atoms with van der Waals surface area (Å²) in [5.74, 6) is -0.272. The zero-order valence-electron chi connectivity index (χ0n) is 11.1. The van der Waals surface area contributed by atoms with Gasteiger partial charge >= 0.3 is 5.97 Å². The van der Waals surface area contributed by atoms with E-state index in [0.29, 0.717) is 19.6 Å². The molecule has 1 aromatic rings. The highest BCUT2D eigenvalue weighted by Gasteiger charge is 2.12. The Labute approximate surface area is 111 Å². The van der Waals surface area contributed by atoms with Crippen molar-refractivity contribution in [2.24, 2.45) is 0 Å². The van der Waals surface area contributed by atoms with Crippen LogP contribution in [-0.2, 0) is 16.0 Å². The zero-order valence-corrected chi connectivity index (χ0v) is 11.1. The molecule has 0 aliphatic carbocycles. The molecule has 0 aliphatic rings. The molecular weight excluding hydrogens is 248 g/mol. The number of esters is 1. The maximum Gasteiger partial charge on any atom is 0.322 e. The van der Waals surface area contributed by atoms with Crippen LogP contribution in [0.5, 0.6) is 0 Å². The van der Waals surface area contributed by atoms with Crippen LogP contribution in [0.3, 0.4) is 0 Å². The second-order valence-corrected chi connectivity index (χ2v) is 4.10. The first kappa shape index (κ1) is 15.1. The van der Waals surface area contributed by atoms with E-state index in [-0.39, 0.29) is 17.7 Å². The second-order valence-electron chi connectivity index (χ2n) is 4.10. The molecule has 0 aliphatic heterocycles. The Morgan fingerprint density at radius 1 is 1.42 bits per heavy atom. The van der Waals surface area contributed by atoms with Crippen molar-refractivity contribution >= 4 is 11.7 Å². The Balaban J connectivity index is 2.36. The number of non-ortho nitro benzene ring substituents is 1. The Bertz CT molecular complexity index is 431. The van der Waals surface area contributed by atoms with Gasteiger partial charge in [0.25, 0.3) is 5.69 Å². The van der Waals surface area contributed by atoms with Crippen molar-refractivity contribution in [1.82, 2.24) is 5.32 Å². The van der Waals surface area contributed by atoms with Gasteiger partial charge in [0.05, 0.1) is 11.5 Å². The normalized spacial score (nSPS) is 11.9. The van der Waals surface area contributed by atoms with Gasteiger partial charge in [0.2, 0.25) is 0 Å². The molecule has 6 nitrogen and oxygen atoms in total. The first-order chi connectivity index (χ1) is 9.04. The molecule has 1 atom stereocenters. The first-order valence-electron chi connectivity index (χ1n) is 6.18. The maximum absolute atomic E-state index is 11.3. The molecule has 0 heterocycles. The summed E-state index contributed by atoms with van der Waals surface area (Å²) in [6, 6.07) is 6.04. The predicted octanol–water partition coefficient (Wildman–Crippen LogP) is 1.68. The summed E-state index contributed by atoms with van der Waals surface area (Å²) >= 11 is 0. The van der Waals surface area contributed by atoms with Crippen LogP contribution in [0.2, 0.25) is 0 Å². The highest BCUT2D eigenvalue weighted by atomic mass is 16.6. The average molecular weight is 266 g/mol. The lowest BCUT2D eigenvalue weighted by Crippen LogP contribution is -2.36. The van der Waals surface area contributed by atoms with E-state index in [4.69, 9.17) is 4.74 Å². The Kier molecular flexibility index (Phi) is 5.95. The SMILES string of the molecule is CCOC(=O)C(C)NCCc1ccc([N+](=O)[O-])cc1. The molecule has 19 heavy (non-hydrogen) atoms. The molecule has 104 valence electrons. The molecule has 1 aromatic carbocycles. The van der Waals surface area contributed by atoms with Crippen molar-refractivity contribution < 1.29 is 14.5 Å². The number of nitro groups is 1. The van der Waals surface area contributed by atoms with Crippen LogP contribution >= 0.6 is 0 Å². The molecule has 0 spiro atoms. The lowest BCUT2D eigenvalue weighted by Gasteiger charge is -2.12. The lowest BCUT2D eigenvalue weighted by molar-refractivity contribution is -0.384. The molecule has 0 saturated heterocycles. The van der Waals surface area contributed by atoms with Crippen molar-refractivity contribution in [3.63, 3.8) is 0 Å². The summed E-state index contributed by atoms with van der Waals surface area (Å²) < 4.78 is 4.87. The van der Waals surface area contributed by atoms with Gasteiger partial charge in [0, 0.05) is 12.1 Å². The fourth-order valence-electron chi connectivity index (χ4n) is 1.57. The number of hydrogen-bond acceptors (Lipinski definition) is 5. The van der Waals surface area contributed by atoms with E-state index in [2.05, 4.69) is 5.32 Å². The van der Waals surface area contributed by atoms with Gasteiger partial charge in [0.1, 0.15) is 6.04 Å². The minimum atomic E-state index is -0.426. The van der Waals surface area contributed by atoms with E-state index >= 15 is 0 Å². The Morgan fingerprint density at radius 3 is 2.58 bits per heavy atom. The van der Waals surface area contributed by atoms with Gasteiger partial charge in [0.15, 0.2) is 0 Å². The fraction of sp³-hybridized carbons (Fsp3) is 0.462. The molecule has 0 bridgehead atoms. The van der Waals surface area contributed by atoms with Crippen LogP contribution in [0.25, 0.3) is 0 Å². The van der Waals surface area contributed by atoms with Crippen molar-refractivity contribution in [3.8, 4) is 0 Å². The van der Waals surface area contributed by atoms with Crippen molar-refractivity contribution in [2.75, 3.05) is 13.2 Å². The summed E-state index contributed by atoms with van der Waals surface area (Å²) in [6.45, 7) is 4.49. The Hall–Kier alpha value is -1.95. The van der Waals surface area contributed by atoms with Gasteiger partial charge in [-0.1, -0.05) is 12.1 Å². The van der Waals surface area contributed by atoms with Gasteiger partial charge in [-0.05, 0) is 32.4 Å². The predicted molar refractivity (Wildman–Crippen MR) is 70.9 cm³/mol. The van der Waals surface area contributed by atoms with Gasteiger partial charge in [-0.2, -0.15) is 0 Å². The summed E-state index contributed by atoms with van der Waals surface area (Å²) in [5, 5.41) is 13.5. The Morgan fingerprint density at radius 2 is 2.05 bits per heavy atom. The van der Waals surface area contributed by atoms with E-state index in [1.54, 1.807) is 26.0 Å². The number of ether oxygens (including phenoxy) is 1. The third-order valence-electron chi connectivity index (χ3n) is 2.65.